The molecule has 0 fully saturated rings. The molecule has 0 aliphatic rings. The van der Waals surface area contributed by atoms with E-state index in [-0.39, 0.29) is 17.2 Å². The van der Waals surface area contributed by atoms with Gasteiger partial charge in [0.25, 0.3) is 11.5 Å². The number of fused-ring (bicyclic) bond motifs is 1. The normalized spacial score (nSPS) is 10.9. The summed E-state index contributed by atoms with van der Waals surface area (Å²) in [5.41, 5.74) is 3.61. The topological polar surface area (TPSA) is 75.1 Å². The lowest BCUT2D eigenvalue weighted by Gasteiger charge is -2.07. The molecule has 118 valence electrons. The number of furan rings is 1. The number of carbonyl (C=O) groups excluding carboxylic acids is 1. The molecule has 2 aromatic heterocycles. The van der Waals surface area contributed by atoms with Gasteiger partial charge in [0.2, 0.25) is 0 Å². The number of carbonyl (C=O) groups is 1. The number of pyridine rings is 1. The van der Waals surface area contributed by atoms with Crippen LogP contribution in [0.3, 0.4) is 0 Å². The molecule has 0 atom stereocenters. The van der Waals surface area contributed by atoms with Crippen molar-refractivity contribution in [2.45, 2.75) is 20.3 Å². The van der Waals surface area contributed by atoms with E-state index < -0.39 is 0 Å². The van der Waals surface area contributed by atoms with E-state index in [0.29, 0.717) is 18.5 Å². The zero-order chi connectivity index (χ0) is 16.4. The summed E-state index contributed by atoms with van der Waals surface area (Å²) in [7, 11) is 0. The summed E-state index contributed by atoms with van der Waals surface area (Å²) < 4.78 is 5.03. The highest BCUT2D eigenvalue weighted by Crippen LogP contribution is 2.18. The molecule has 0 radical (unpaired) electrons. The van der Waals surface area contributed by atoms with Gasteiger partial charge in [-0.2, -0.15) is 0 Å². The fourth-order valence-electron chi connectivity index (χ4n) is 2.72. The van der Waals surface area contributed by atoms with Gasteiger partial charge in [0.05, 0.1) is 11.8 Å². The van der Waals surface area contributed by atoms with E-state index in [2.05, 4.69) is 10.3 Å². The van der Waals surface area contributed by atoms with Gasteiger partial charge in [0.15, 0.2) is 5.76 Å². The molecule has 1 aromatic carbocycles. The molecule has 0 bridgehead atoms. The maximum atomic E-state index is 12.2. The molecule has 0 spiro atoms. The molecule has 0 saturated carbocycles. The molecule has 0 aliphatic carbocycles. The maximum Gasteiger partial charge on any atom is 0.286 e. The van der Waals surface area contributed by atoms with Gasteiger partial charge in [-0.15, -0.1) is 0 Å². The minimum Gasteiger partial charge on any atom is -0.459 e. The predicted octanol–water partition coefficient (Wildman–Crippen LogP) is 2.71. The van der Waals surface area contributed by atoms with E-state index in [1.165, 1.54) is 6.26 Å². The number of benzene rings is 1. The van der Waals surface area contributed by atoms with E-state index in [1.807, 2.05) is 32.0 Å². The molecule has 3 rings (SSSR count). The predicted molar refractivity (Wildman–Crippen MR) is 88.8 cm³/mol. The van der Waals surface area contributed by atoms with E-state index in [4.69, 9.17) is 4.42 Å². The minimum atomic E-state index is -0.279. The number of amides is 1. The Balaban J connectivity index is 1.76. The highest BCUT2D eigenvalue weighted by molar-refractivity contribution is 5.91. The average Bonchev–Trinajstić information content (AvgIpc) is 3.03. The van der Waals surface area contributed by atoms with Crippen LogP contribution in [0.25, 0.3) is 10.9 Å². The van der Waals surface area contributed by atoms with Crippen molar-refractivity contribution >= 4 is 16.8 Å². The molecule has 2 N–H and O–H groups in total. The molecule has 0 unspecified atom stereocenters. The Hall–Kier alpha value is -2.82. The smallest absolute Gasteiger partial charge is 0.286 e. The van der Waals surface area contributed by atoms with Gasteiger partial charge >= 0.3 is 0 Å². The Morgan fingerprint density at radius 2 is 2.09 bits per heavy atom. The van der Waals surface area contributed by atoms with Gasteiger partial charge in [-0.05, 0) is 55.5 Å². The first kappa shape index (κ1) is 15.1. The van der Waals surface area contributed by atoms with Crippen LogP contribution in [0.15, 0.2) is 45.8 Å². The summed E-state index contributed by atoms with van der Waals surface area (Å²) in [6.07, 6.45) is 1.92. The van der Waals surface area contributed by atoms with Crippen LogP contribution in [0.2, 0.25) is 0 Å². The molecule has 0 aliphatic heterocycles. The third-order valence-electron chi connectivity index (χ3n) is 3.80. The van der Waals surface area contributed by atoms with Crippen molar-refractivity contribution in [3.05, 3.63) is 69.4 Å². The molecule has 23 heavy (non-hydrogen) atoms. The monoisotopic (exact) mass is 310 g/mol. The van der Waals surface area contributed by atoms with Gasteiger partial charge in [-0.1, -0.05) is 11.6 Å². The van der Waals surface area contributed by atoms with Gasteiger partial charge in [-0.3, -0.25) is 9.59 Å². The fraction of sp³-hybridized carbons (Fsp3) is 0.222. The third kappa shape index (κ3) is 3.18. The van der Waals surface area contributed by atoms with E-state index in [0.717, 1.165) is 22.0 Å². The van der Waals surface area contributed by atoms with Gasteiger partial charge < -0.3 is 14.7 Å². The summed E-state index contributed by atoms with van der Waals surface area (Å²) in [6.45, 7) is 4.38. The second-order valence-corrected chi connectivity index (χ2v) is 5.65. The van der Waals surface area contributed by atoms with Crippen LogP contribution in [0.1, 0.15) is 27.2 Å². The Bertz CT molecular complexity index is 908. The van der Waals surface area contributed by atoms with Crippen LogP contribution in [0, 0.1) is 13.8 Å². The van der Waals surface area contributed by atoms with Gasteiger partial charge in [-0.25, -0.2) is 0 Å². The highest BCUT2D eigenvalue weighted by Gasteiger charge is 2.09. The number of rotatable bonds is 4. The third-order valence-corrected chi connectivity index (χ3v) is 3.80. The molecule has 5 heteroatoms. The SMILES string of the molecule is Cc1cc(C)c2[nH]c(=O)c(CCNC(=O)c3ccco3)cc2c1. The lowest BCUT2D eigenvalue weighted by molar-refractivity contribution is 0.0926. The Morgan fingerprint density at radius 1 is 1.26 bits per heavy atom. The van der Waals surface area contributed by atoms with Crippen molar-refractivity contribution in [2.75, 3.05) is 6.54 Å². The van der Waals surface area contributed by atoms with Crippen LogP contribution in [0.4, 0.5) is 0 Å². The van der Waals surface area contributed by atoms with Crippen molar-refractivity contribution in [1.29, 1.82) is 0 Å². The van der Waals surface area contributed by atoms with Crippen molar-refractivity contribution in [3.8, 4) is 0 Å². The number of aryl methyl sites for hydroxylation is 2. The standard InChI is InChI=1S/C18H18N2O3/c1-11-8-12(2)16-14(9-11)10-13(17(21)20-16)5-6-19-18(22)15-4-3-7-23-15/h3-4,7-10H,5-6H2,1-2H3,(H,19,22)(H,20,21). The summed E-state index contributed by atoms with van der Waals surface area (Å²) in [5, 5.41) is 3.75. The van der Waals surface area contributed by atoms with Crippen molar-refractivity contribution in [1.82, 2.24) is 10.3 Å². The number of nitrogens with one attached hydrogen (secondary N) is 2. The second kappa shape index (κ2) is 6.12. The van der Waals surface area contributed by atoms with Gasteiger partial charge in [0, 0.05) is 12.1 Å². The van der Waals surface area contributed by atoms with Crippen LogP contribution in [-0.2, 0) is 6.42 Å². The first-order valence-electron chi connectivity index (χ1n) is 7.49. The molecular weight excluding hydrogens is 292 g/mol. The van der Waals surface area contributed by atoms with Crippen LogP contribution in [0.5, 0.6) is 0 Å². The molecule has 1 amide bonds. The summed E-state index contributed by atoms with van der Waals surface area (Å²) in [6, 6.07) is 9.25. The number of aromatic amines is 1. The number of hydrogen-bond donors (Lipinski definition) is 2. The van der Waals surface area contributed by atoms with E-state index in [9.17, 15) is 9.59 Å². The van der Waals surface area contributed by atoms with Crippen LogP contribution in [-0.4, -0.2) is 17.4 Å². The summed E-state index contributed by atoms with van der Waals surface area (Å²) in [5.74, 6) is -0.0115. The lowest BCUT2D eigenvalue weighted by Crippen LogP contribution is -2.27. The number of hydrogen-bond acceptors (Lipinski definition) is 3. The first-order chi connectivity index (χ1) is 11.0. The largest absolute Gasteiger partial charge is 0.459 e. The maximum absolute atomic E-state index is 12.2. The van der Waals surface area contributed by atoms with Crippen molar-refractivity contribution < 1.29 is 9.21 Å². The molecule has 2 heterocycles. The van der Waals surface area contributed by atoms with E-state index >= 15 is 0 Å². The Kier molecular flexibility index (Phi) is 4.02. The van der Waals surface area contributed by atoms with E-state index in [1.54, 1.807) is 12.1 Å². The molecule has 5 nitrogen and oxygen atoms in total. The summed E-state index contributed by atoms with van der Waals surface area (Å²) >= 11 is 0. The average molecular weight is 310 g/mol. The molecule has 3 aromatic rings. The molecule has 0 saturated heterocycles. The Labute approximate surface area is 133 Å². The second-order valence-electron chi connectivity index (χ2n) is 5.65. The van der Waals surface area contributed by atoms with Gasteiger partial charge in [0.1, 0.15) is 0 Å². The first-order valence-corrected chi connectivity index (χ1v) is 7.49. The zero-order valence-corrected chi connectivity index (χ0v) is 13.1. The van der Waals surface area contributed by atoms with Crippen LogP contribution < -0.4 is 10.9 Å². The highest BCUT2D eigenvalue weighted by atomic mass is 16.3. The number of H-pyrrole nitrogens is 1. The quantitative estimate of drug-likeness (QED) is 0.778. The molecular formula is C18H18N2O3. The fourth-order valence-corrected chi connectivity index (χ4v) is 2.72. The van der Waals surface area contributed by atoms with Crippen LogP contribution >= 0.6 is 0 Å². The Morgan fingerprint density at radius 3 is 2.83 bits per heavy atom. The number of aromatic nitrogens is 1. The van der Waals surface area contributed by atoms with Crippen molar-refractivity contribution in [3.63, 3.8) is 0 Å². The minimum absolute atomic E-state index is 0.114. The lowest BCUT2D eigenvalue weighted by atomic mass is 10.0. The van der Waals surface area contributed by atoms with Crippen molar-refractivity contribution in [2.24, 2.45) is 0 Å². The zero-order valence-electron chi connectivity index (χ0n) is 13.1. The summed E-state index contributed by atoms with van der Waals surface area (Å²) in [4.78, 5) is 26.9.